The minimum Gasteiger partial charge on any atom is -0.535 e. The van der Waals surface area contributed by atoms with Gasteiger partial charge in [-0.25, -0.2) is 4.68 Å². The van der Waals surface area contributed by atoms with Crippen LogP contribution in [0.3, 0.4) is 0 Å². The fourth-order valence-corrected chi connectivity index (χ4v) is 4.04. The smallest absolute Gasteiger partial charge is 0.526 e. The Balaban J connectivity index is 1.42. The van der Waals surface area contributed by atoms with Crippen molar-refractivity contribution in [3.63, 3.8) is 0 Å². The Bertz CT molecular complexity index is 1020. The molecule has 0 fully saturated rings. The van der Waals surface area contributed by atoms with Gasteiger partial charge in [-0.15, -0.1) is 5.10 Å². The van der Waals surface area contributed by atoms with E-state index in [1.54, 1.807) is 29.7 Å². The van der Waals surface area contributed by atoms with Crippen LogP contribution in [0.5, 0.6) is 5.75 Å². The maximum Gasteiger partial charge on any atom is 0.526 e. The summed E-state index contributed by atoms with van der Waals surface area (Å²) < 4.78 is 7.10. The SMILES string of the molecule is CC(=O)c1cccc2c1OB(O)[C@@H](CC(=O)Cn1cc(-c3ccsc3)nn1)C2. The molecule has 1 atom stereocenters. The van der Waals surface area contributed by atoms with Gasteiger partial charge >= 0.3 is 7.12 Å². The average Bonchev–Trinajstić information content (AvgIpc) is 3.33. The van der Waals surface area contributed by atoms with E-state index in [2.05, 4.69) is 10.3 Å². The van der Waals surface area contributed by atoms with Gasteiger partial charge in [-0.05, 0) is 36.4 Å². The van der Waals surface area contributed by atoms with E-state index < -0.39 is 7.12 Å². The molecule has 0 spiro atoms. The molecule has 4 rings (SSSR count). The quantitative estimate of drug-likeness (QED) is 0.510. The number of rotatable bonds is 6. The van der Waals surface area contributed by atoms with E-state index in [-0.39, 0.29) is 30.3 Å². The number of benzene rings is 1. The van der Waals surface area contributed by atoms with Crippen LogP contribution in [-0.4, -0.2) is 38.7 Å². The van der Waals surface area contributed by atoms with Crippen LogP contribution in [-0.2, 0) is 17.8 Å². The Morgan fingerprint density at radius 1 is 1.39 bits per heavy atom. The zero-order valence-electron chi connectivity index (χ0n) is 15.2. The van der Waals surface area contributed by atoms with Gasteiger partial charge in [0.05, 0.1) is 11.8 Å². The molecule has 0 saturated carbocycles. The van der Waals surface area contributed by atoms with Gasteiger partial charge in [0.1, 0.15) is 18.0 Å². The Labute approximate surface area is 166 Å². The first-order valence-electron chi connectivity index (χ1n) is 8.93. The van der Waals surface area contributed by atoms with Gasteiger partial charge in [0, 0.05) is 23.2 Å². The number of ketones is 2. The number of Topliss-reactive ketones (excluding diaryl/α,β-unsaturated/α-hetero) is 2. The number of carbonyl (C=O) groups is 2. The Morgan fingerprint density at radius 2 is 2.25 bits per heavy atom. The molecule has 28 heavy (non-hydrogen) atoms. The molecular weight excluding hydrogens is 377 g/mol. The average molecular weight is 395 g/mol. The van der Waals surface area contributed by atoms with Crippen molar-refractivity contribution in [3.8, 4) is 17.0 Å². The molecule has 3 heterocycles. The van der Waals surface area contributed by atoms with Crippen LogP contribution in [0.4, 0.5) is 0 Å². The lowest BCUT2D eigenvalue weighted by Crippen LogP contribution is -2.36. The second-order valence-corrected chi connectivity index (χ2v) is 7.66. The molecule has 0 unspecified atom stereocenters. The van der Waals surface area contributed by atoms with E-state index >= 15 is 0 Å². The van der Waals surface area contributed by atoms with Crippen LogP contribution in [0, 0.1) is 0 Å². The highest BCUT2D eigenvalue weighted by molar-refractivity contribution is 7.08. The summed E-state index contributed by atoms with van der Waals surface area (Å²) in [6.07, 6.45) is 2.36. The Morgan fingerprint density at radius 3 is 3.00 bits per heavy atom. The van der Waals surface area contributed by atoms with Crippen LogP contribution < -0.4 is 4.65 Å². The molecule has 1 aliphatic rings. The molecular formula is C19H18BN3O4S. The van der Waals surface area contributed by atoms with Gasteiger partial charge < -0.3 is 9.68 Å². The van der Waals surface area contributed by atoms with Gasteiger partial charge in [-0.3, -0.25) is 9.59 Å². The fourth-order valence-electron chi connectivity index (χ4n) is 3.39. The van der Waals surface area contributed by atoms with Gasteiger partial charge in [0.25, 0.3) is 0 Å². The first-order valence-corrected chi connectivity index (χ1v) is 9.87. The highest BCUT2D eigenvalue weighted by atomic mass is 32.1. The van der Waals surface area contributed by atoms with Crippen LogP contribution >= 0.6 is 11.3 Å². The number of nitrogens with zero attached hydrogens (tertiary/aromatic N) is 3. The van der Waals surface area contributed by atoms with Crippen molar-refractivity contribution in [2.75, 3.05) is 0 Å². The number of para-hydroxylation sites is 1. The summed E-state index contributed by atoms with van der Waals surface area (Å²) in [6, 6.07) is 7.27. The summed E-state index contributed by atoms with van der Waals surface area (Å²) in [5.41, 5.74) is 2.97. The van der Waals surface area contributed by atoms with Gasteiger partial charge in [-0.1, -0.05) is 17.3 Å². The van der Waals surface area contributed by atoms with E-state index in [1.807, 2.05) is 22.9 Å². The second-order valence-electron chi connectivity index (χ2n) is 6.88. The molecule has 9 heteroatoms. The number of carbonyl (C=O) groups excluding carboxylic acids is 2. The third kappa shape index (κ3) is 3.76. The summed E-state index contributed by atoms with van der Waals surface area (Å²) in [4.78, 5) is 24.2. The van der Waals surface area contributed by atoms with Gasteiger partial charge in [-0.2, -0.15) is 11.3 Å². The summed E-state index contributed by atoms with van der Waals surface area (Å²) >= 11 is 1.57. The highest BCUT2D eigenvalue weighted by Crippen LogP contribution is 2.36. The molecule has 3 aromatic rings. The first-order chi connectivity index (χ1) is 13.5. The van der Waals surface area contributed by atoms with Crippen LogP contribution in [0.15, 0.2) is 41.2 Å². The van der Waals surface area contributed by atoms with Gasteiger partial charge in [0.15, 0.2) is 11.6 Å². The number of hydrogen-bond donors (Lipinski definition) is 1. The Kier molecular flexibility index (Phi) is 5.10. The number of thiophene rings is 1. The second kappa shape index (κ2) is 7.69. The van der Waals surface area contributed by atoms with E-state index in [0.717, 1.165) is 16.8 Å². The molecule has 0 radical (unpaired) electrons. The predicted octanol–water partition coefficient (Wildman–Crippen LogP) is 2.65. The Hall–Kier alpha value is -2.78. The fraction of sp³-hybridized carbons (Fsp3) is 0.263. The largest absolute Gasteiger partial charge is 0.535 e. The molecule has 0 saturated heterocycles. The zero-order valence-corrected chi connectivity index (χ0v) is 16.1. The van der Waals surface area contributed by atoms with Crippen molar-refractivity contribution >= 4 is 30.0 Å². The van der Waals surface area contributed by atoms with Crippen molar-refractivity contribution < 1.29 is 19.3 Å². The van der Waals surface area contributed by atoms with Crippen molar-refractivity contribution in [2.24, 2.45) is 0 Å². The molecule has 7 nitrogen and oxygen atoms in total. The lowest BCUT2D eigenvalue weighted by Gasteiger charge is -2.28. The molecule has 2 aromatic heterocycles. The topological polar surface area (TPSA) is 94.3 Å². The monoisotopic (exact) mass is 395 g/mol. The maximum absolute atomic E-state index is 12.5. The maximum atomic E-state index is 12.5. The standard InChI is InChI=1S/C19H18BN3O4S/c1-12(24)17-4-2-3-13-7-15(20(26)27-19(13)17)8-16(25)9-23-10-18(21-22-23)14-5-6-28-11-14/h2-6,10-11,15,26H,7-9H2,1H3/t15-/m1/s1. The molecule has 0 bridgehead atoms. The number of aromatic nitrogens is 3. The summed E-state index contributed by atoms with van der Waals surface area (Å²) in [5, 5.41) is 22.4. The molecule has 1 N–H and O–H groups in total. The summed E-state index contributed by atoms with van der Waals surface area (Å²) in [5.74, 6) is -0.142. The summed E-state index contributed by atoms with van der Waals surface area (Å²) in [6.45, 7) is 1.55. The molecule has 142 valence electrons. The van der Waals surface area contributed by atoms with Crippen molar-refractivity contribution in [3.05, 3.63) is 52.3 Å². The minimum absolute atomic E-state index is 0.0689. The normalized spacial score (nSPS) is 15.8. The molecule has 1 aliphatic heterocycles. The van der Waals surface area contributed by atoms with Crippen molar-refractivity contribution in [1.29, 1.82) is 0 Å². The van der Waals surface area contributed by atoms with Crippen molar-refractivity contribution in [1.82, 2.24) is 15.0 Å². The lowest BCUT2D eigenvalue weighted by molar-refractivity contribution is -0.120. The van der Waals surface area contributed by atoms with Crippen LogP contribution in [0.2, 0.25) is 5.82 Å². The highest BCUT2D eigenvalue weighted by Gasteiger charge is 2.37. The third-order valence-electron chi connectivity index (χ3n) is 4.78. The van der Waals surface area contributed by atoms with Crippen LogP contribution in [0.25, 0.3) is 11.3 Å². The first kappa shape index (κ1) is 18.6. The number of fused-ring (bicyclic) bond motifs is 1. The third-order valence-corrected chi connectivity index (χ3v) is 5.47. The minimum atomic E-state index is -1.13. The predicted molar refractivity (Wildman–Crippen MR) is 105 cm³/mol. The van der Waals surface area contributed by atoms with E-state index in [4.69, 9.17) is 4.65 Å². The van der Waals surface area contributed by atoms with E-state index in [1.165, 1.54) is 11.6 Å². The summed E-state index contributed by atoms with van der Waals surface area (Å²) in [7, 11) is -1.13. The molecule has 0 amide bonds. The molecule has 1 aromatic carbocycles. The zero-order chi connectivity index (χ0) is 19.7. The van der Waals surface area contributed by atoms with Gasteiger partial charge in [0.2, 0.25) is 0 Å². The van der Waals surface area contributed by atoms with E-state index in [9.17, 15) is 14.6 Å². The molecule has 0 aliphatic carbocycles. The lowest BCUT2D eigenvalue weighted by atomic mass is 9.64. The number of hydrogen-bond acceptors (Lipinski definition) is 7. The van der Waals surface area contributed by atoms with E-state index in [0.29, 0.717) is 17.7 Å². The van der Waals surface area contributed by atoms with Crippen molar-refractivity contribution in [2.45, 2.75) is 32.1 Å². The van der Waals surface area contributed by atoms with Crippen LogP contribution in [0.1, 0.15) is 29.3 Å².